The first-order valence-corrected chi connectivity index (χ1v) is 6.15. The molecular formula is C11H17NS2. The Morgan fingerprint density at radius 3 is 2.14 bits per heavy atom. The molecule has 0 amide bonds. The van der Waals surface area contributed by atoms with Gasteiger partial charge in [-0.1, -0.05) is 18.2 Å². The molecule has 1 aromatic rings. The molecule has 0 aliphatic carbocycles. The van der Waals surface area contributed by atoms with Crippen LogP contribution in [0.4, 0.5) is 5.69 Å². The molecule has 1 unspecified atom stereocenters. The van der Waals surface area contributed by atoms with Crippen molar-refractivity contribution in [2.75, 3.05) is 4.31 Å². The van der Waals surface area contributed by atoms with Crippen LogP contribution in [-0.2, 0) is 0 Å². The van der Waals surface area contributed by atoms with Crippen molar-refractivity contribution in [1.82, 2.24) is 0 Å². The summed E-state index contributed by atoms with van der Waals surface area (Å²) in [6.45, 7) is 6.47. The van der Waals surface area contributed by atoms with Crippen LogP contribution in [0.5, 0.6) is 0 Å². The van der Waals surface area contributed by atoms with Crippen molar-refractivity contribution < 1.29 is 0 Å². The highest BCUT2D eigenvalue weighted by molar-refractivity contribution is 8.11. The maximum Gasteiger partial charge on any atom is 0.0644 e. The van der Waals surface area contributed by atoms with Gasteiger partial charge in [0, 0.05) is 11.7 Å². The minimum Gasteiger partial charge on any atom is -0.313 e. The van der Waals surface area contributed by atoms with Crippen molar-refractivity contribution in [2.45, 2.75) is 31.4 Å². The molecule has 0 bridgehead atoms. The van der Waals surface area contributed by atoms with Gasteiger partial charge in [0.25, 0.3) is 0 Å². The smallest absolute Gasteiger partial charge is 0.0644 e. The van der Waals surface area contributed by atoms with Gasteiger partial charge in [0.2, 0.25) is 0 Å². The summed E-state index contributed by atoms with van der Waals surface area (Å²) in [5.41, 5.74) is 1.24. The van der Waals surface area contributed by atoms with Gasteiger partial charge < -0.3 is 4.31 Å². The summed E-state index contributed by atoms with van der Waals surface area (Å²) >= 11 is 6.16. The average Bonchev–Trinajstić information content (AvgIpc) is 2.15. The highest BCUT2D eigenvalue weighted by Gasteiger charge is 2.12. The Morgan fingerprint density at radius 1 is 1.14 bits per heavy atom. The first-order chi connectivity index (χ1) is 6.61. The molecule has 0 radical (unpaired) electrons. The number of benzene rings is 1. The van der Waals surface area contributed by atoms with Crippen molar-refractivity contribution >= 4 is 30.3 Å². The first-order valence-electron chi connectivity index (χ1n) is 4.80. The van der Waals surface area contributed by atoms with E-state index < -0.39 is 0 Å². The molecule has 1 nitrogen and oxygen atoms in total. The van der Waals surface area contributed by atoms with Crippen molar-refractivity contribution in [1.29, 1.82) is 0 Å². The molecule has 0 spiro atoms. The van der Waals surface area contributed by atoms with Gasteiger partial charge in [0.1, 0.15) is 0 Å². The zero-order valence-electron chi connectivity index (χ0n) is 8.84. The number of nitrogens with zero attached hydrogens (tertiary/aromatic N) is 1. The predicted molar refractivity (Wildman–Crippen MR) is 70.1 cm³/mol. The number of hydrogen-bond donors (Lipinski definition) is 1. The normalized spacial score (nSPS) is 12.9. The Balaban J connectivity index is 2.78. The predicted octanol–water partition coefficient (Wildman–Crippen LogP) is 3.83. The van der Waals surface area contributed by atoms with E-state index in [-0.39, 0.29) is 0 Å². The van der Waals surface area contributed by atoms with E-state index in [4.69, 9.17) is 0 Å². The third-order valence-electron chi connectivity index (χ3n) is 1.75. The van der Waals surface area contributed by atoms with Crippen molar-refractivity contribution in [3.63, 3.8) is 0 Å². The van der Waals surface area contributed by atoms with E-state index in [1.807, 2.05) is 6.07 Å². The molecule has 1 aromatic carbocycles. The van der Waals surface area contributed by atoms with Gasteiger partial charge in [-0.2, -0.15) is 12.6 Å². The van der Waals surface area contributed by atoms with Crippen LogP contribution in [0.3, 0.4) is 0 Å². The van der Waals surface area contributed by atoms with E-state index in [1.165, 1.54) is 5.69 Å². The van der Waals surface area contributed by atoms with Gasteiger partial charge in [-0.3, -0.25) is 0 Å². The van der Waals surface area contributed by atoms with E-state index in [0.29, 0.717) is 10.6 Å². The van der Waals surface area contributed by atoms with Crippen LogP contribution < -0.4 is 4.31 Å². The summed E-state index contributed by atoms with van der Waals surface area (Å²) in [5.74, 6) is 0. The van der Waals surface area contributed by atoms with Gasteiger partial charge in [0.05, 0.1) is 4.58 Å². The Morgan fingerprint density at radius 2 is 1.71 bits per heavy atom. The highest BCUT2D eigenvalue weighted by atomic mass is 32.2. The van der Waals surface area contributed by atoms with Crippen molar-refractivity contribution in [3.05, 3.63) is 30.3 Å². The topological polar surface area (TPSA) is 3.24 Å². The molecular weight excluding hydrogens is 210 g/mol. The van der Waals surface area contributed by atoms with E-state index >= 15 is 0 Å². The second-order valence-electron chi connectivity index (χ2n) is 3.46. The van der Waals surface area contributed by atoms with Crippen molar-refractivity contribution in [3.8, 4) is 0 Å². The Labute approximate surface area is 96.4 Å². The number of anilines is 1. The molecule has 0 N–H and O–H groups in total. The van der Waals surface area contributed by atoms with Gasteiger partial charge in [-0.15, -0.1) is 0 Å². The Hall–Kier alpha value is -0.280. The molecule has 14 heavy (non-hydrogen) atoms. The molecule has 0 fully saturated rings. The second kappa shape index (κ2) is 5.56. The number of para-hydroxylation sites is 1. The summed E-state index contributed by atoms with van der Waals surface area (Å²) in [5, 5.41) is 0. The molecule has 0 saturated carbocycles. The van der Waals surface area contributed by atoms with Crippen LogP contribution in [0.1, 0.15) is 20.8 Å². The third-order valence-corrected chi connectivity index (χ3v) is 3.19. The molecule has 0 aliphatic rings. The van der Waals surface area contributed by atoms with E-state index in [1.54, 1.807) is 11.9 Å². The second-order valence-corrected chi connectivity index (χ2v) is 5.90. The molecule has 0 saturated heterocycles. The molecule has 1 atom stereocenters. The minimum absolute atomic E-state index is 0.317. The molecule has 0 heterocycles. The van der Waals surface area contributed by atoms with Crippen LogP contribution in [0.2, 0.25) is 0 Å². The third kappa shape index (κ3) is 3.46. The Kier molecular flexibility index (Phi) is 4.69. The average molecular weight is 227 g/mol. The number of thiol groups is 1. The fraction of sp³-hybridized carbons (Fsp3) is 0.455. The monoisotopic (exact) mass is 227 g/mol. The van der Waals surface area contributed by atoms with Crippen LogP contribution in [0, 0.1) is 0 Å². The lowest BCUT2D eigenvalue weighted by molar-refractivity contribution is 0.836. The highest BCUT2D eigenvalue weighted by Crippen LogP contribution is 2.28. The summed E-state index contributed by atoms with van der Waals surface area (Å²) in [4.78, 5) is 0. The summed E-state index contributed by atoms with van der Waals surface area (Å²) < 4.78 is 2.61. The van der Waals surface area contributed by atoms with E-state index in [2.05, 4.69) is 62.0 Å². The molecule has 0 aliphatic heterocycles. The lowest BCUT2D eigenvalue weighted by Gasteiger charge is -2.28. The fourth-order valence-corrected chi connectivity index (χ4v) is 2.34. The lowest BCUT2D eigenvalue weighted by atomic mass is 10.3. The lowest BCUT2D eigenvalue weighted by Crippen LogP contribution is -2.24. The molecule has 3 heteroatoms. The van der Waals surface area contributed by atoms with Gasteiger partial charge >= 0.3 is 0 Å². The van der Waals surface area contributed by atoms with Crippen LogP contribution in [0.25, 0.3) is 0 Å². The van der Waals surface area contributed by atoms with E-state index in [0.717, 1.165) is 0 Å². The number of hydrogen-bond acceptors (Lipinski definition) is 3. The van der Waals surface area contributed by atoms with Crippen LogP contribution in [-0.4, -0.2) is 10.6 Å². The SMILES string of the molecule is CC(S)SN(c1ccccc1)C(C)C. The summed E-state index contributed by atoms with van der Waals surface area (Å²) in [6.07, 6.45) is 0. The minimum atomic E-state index is 0.317. The summed E-state index contributed by atoms with van der Waals surface area (Å²) in [7, 11) is 0. The molecule has 78 valence electrons. The Bertz CT molecular complexity index is 259. The van der Waals surface area contributed by atoms with Gasteiger partial charge in [-0.05, 0) is 44.9 Å². The quantitative estimate of drug-likeness (QED) is 0.473. The fourth-order valence-electron chi connectivity index (χ4n) is 1.22. The zero-order valence-corrected chi connectivity index (χ0v) is 10.6. The van der Waals surface area contributed by atoms with Crippen LogP contribution in [0.15, 0.2) is 30.3 Å². The maximum atomic E-state index is 4.40. The van der Waals surface area contributed by atoms with E-state index in [9.17, 15) is 0 Å². The first kappa shape index (κ1) is 11.8. The standard InChI is InChI=1S/C11H17NS2/c1-9(2)12(14-10(3)13)11-7-5-4-6-8-11/h4-10,13H,1-3H3. The van der Waals surface area contributed by atoms with Gasteiger partial charge in [0.15, 0.2) is 0 Å². The summed E-state index contributed by atoms with van der Waals surface area (Å²) in [6, 6.07) is 10.9. The molecule has 0 aromatic heterocycles. The maximum absolute atomic E-state index is 4.40. The van der Waals surface area contributed by atoms with Crippen LogP contribution >= 0.6 is 24.6 Å². The van der Waals surface area contributed by atoms with Crippen molar-refractivity contribution in [2.24, 2.45) is 0 Å². The number of rotatable bonds is 4. The zero-order chi connectivity index (χ0) is 10.6. The molecule has 1 rings (SSSR count). The largest absolute Gasteiger partial charge is 0.313 e. The van der Waals surface area contributed by atoms with Gasteiger partial charge in [-0.25, -0.2) is 0 Å².